The maximum Gasteiger partial charge on any atom is 0.245 e. The van der Waals surface area contributed by atoms with Gasteiger partial charge in [-0.1, -0.05) is 6.07 Å². The predicted octanol–water partition coefficient (Wildman–Crippen LogP) is 2.82. The number of hydrogen-bond donors (Lipinski definition) is 2. The number of carbonyl (C=O) groups is 1. The fourth-order valence-electron chi connectivity index (χ4n) is 3.80. The number of rotatable bonds is 4. The lowest BCUT2D eigenvalue weighted by Crippen LogP contribution is -2.56. The first-order chi connectivity index (χ1) is 14.4. The fourth-order valence-corrected chi connectivity index (χ4v) is 5.69. The zero-order valence-electron chi connectivity index (χ0n) is 16.2. The topological polar surface area (TPSA) is 108 Å². The Morgan fingerprint density at radius 2 is 2.00 bits per heavy atom. The van der Waals surface area contributed by atoms with E-state index in [-0.39, 0.29) is 10.8 Å². The van der Waals surface area contributed by atoms with E-state index in [0.29, 0.717) is 24.2 Å². The summed E-state index contributed by atoms with van der Waals surface area (Å²) in [5.74, 6) is -0.341. The van der Waals surface area contributed by atoms with Gasteiger partial charge in [0.2, 0.25) is 15.9 Å². The molecule has 2 N–H and O–H groups in total. The molecular formula is C21H19N5O3S. The van der Waals surface area contributed by atoms with Crippen molar-refractivity contribution in [3.8, 4) is 0 Å². The number of benzene rings is 2. The number of fused-ring (bicyclic) bond motifs is 2. The van der Waals surface area contributed by atoms with Crippen LogP contribution < -0.4 is 5.32 Å². The molecule has 1 aliphatic rings. The molecule has 0 aliphatic carbocycles. The quantitative estimate of drug-likeness (QED) is 0.527. The summed E-state index contributed by atoms with van der Waals surface area (Å²) in [5.41, 5.74) is 1.89. The summed E-state index contributed by atoms with van der Waals surface area (Å²) in [5, 5.41) is 12.2. The lowest BCUT2D eigenvalue weighted by molar-refractivity contribution is -0.122. The first kappa shape index (κ1) is 18.7. The van der Waals surface area contributed by atoms with E-state index in [1.54, 1.807) is 30.7 Å². The van der Waals surface area contributed by atoms with Crippen molar-refractivity contribution >= 4 is 43.3 Å². The standard InChI is InChI=1S/C21H19N5O3S/c1-13-8-16-12-23-25-20(16)19(9-13)30(28,29)26-7-5-18(26)21(27)24-17-3-2-15-11-22-6-4-14(15)10-17/h2-4,6,8-12,18H,5,7H2,1H3,(H,23,25)(H,24,27)/t18-/m0/s1. The fraction of sp³-hybridized carbons (Fsp3) is 0.190. The van der Waals surface area contributed by atoms with Crippen molar-refractivity contribution in [2.45, 2.75) is 24.3 Å². The van der Waals surface area contributed by atoms with Gasteiger partial charge in [-0.15, -0.1) is 0 Å². The molecule has 3 heterocycles. The summed E-state index contributed by atoms with van der Waals surface area (Å²) < 4.78 is 27.9. The van der Waals surface area contributed by atoms with E-state index in [4.69, 9.17) is 0 Å². The maximum absolute atomic E-state index is 13.3. The van der Waals surface area contributed by atoms with Crippen LogP contribution >= 0.6 is 0 Å². The van der Waals surface area contributed by atoms with Gasteiger partial charge < -0.3 is 5.32 Å². The molecule has 0 spiro atoms. The summed E-state index contributed by atoms with van der Waals surface area (Å²) in [6, 6.07) is 10.1. The summed E-state index contributed by atoms with van der Waals surface area (Å²) in [4.78, 5) is 17.1. The van der Waals surface area contributed by atoms with Crippen molar-refractivity contribution in [1.82, 2.24) is 19.5 Å². The van der Waals surface area contributed by atoms with Crippen LogP contribution in [0, 0.1) is 6.92 Å². The summed E-state index contributed by atoms with van der Waals surface area (Å²) in [6.07, 6.45) is 5.50. The molecule has 2 aromatic heterocycles. The van der Waals surface area contributed by atoms with Crippen molar-refractivity contribution in [3.05, 3.63) is 60.6 Å². The predicted molar refractivity (Wildman–Crippen MR) is 114 cm³/mol. The van der Waals surface area contributed by atoms with Gasteiger partial charge in [-0.25, -0.2) is 8.42 Å². The van der Waals surface area contributed by atoms with Crippen LogP contribution in [0.2, 0.25) is 0 Å². The lowest BCUT2D eigenvalue weighted by atomic mass is 10.1. The average molecular weight is 421 g/mol. The van der Waals surface area contributed by atoms with Crippen LogP contribution in [-0.2, 0) is 14.8 Å². The van der Waals surface area contributed by atoms with Crippen LogP contribution in [0.25, 0.3) is 21.7 Å². The molecule has 2 aromatic carbocycles. The third-order valence-corrected chi connectivity index (χ3v) is 7.36. The zero-order valence-corrected chi connectivity index (χ0v) is 17.0. The van der Waals surface area contributed by atoms with Crippen LogP contribution in [-0.4, -0.2) is 46.4 Å². The Balaban J connectivity index is 1.42. The van der Waals surface area contributed by atoms with Gasteiger partial charge in [-0.05, 0) is 54.6 Å². The average Bonchev–Trinajstić information content (AvgIpc) is 3.14. The van der Waals surface area contributed by atoms with Gasteiger partial charge in [-0.2, -0.15) is 9.40 Å². The largest absolute Gasteiger partial charge is 0.325 e. The highest BCUT2D eigenvalue weighted by Crippen LogP contribution is 2.32. The highest BCUT2D eigenvalue weighted by molar-refractivity contribution is 7.89. The Hall–Kier alpha value is -3.30. The normalized spacial score (nSPS) is 17.2. The lowest BCUT2D eigenvalue weighted by Gasteiger charge is -2.38. The van der Waals surface area contributed by atoms with E-state index in [0.717, 1.165) is 21.7 Å². The van der Waals surface area contributed by atoms with Gasteiger partial charge in [0, 0.05) is 35.4 Å². The van der Waals surface area contributed by atoms with E-state index in [1.807, 2.05) is 31.2 Å². The molecule has 1 saturated heterocycles. The second-order valence-electron chi connectivity index (χ2n) is 7.44. The molecule has 1 aliphatic heterocycles. The van der Waals surface area contributed by atoms with Crippen LogP contribution in [0.3, 0.4) is 0 Å². The van der Waals surface area contributed by atoms with Crippen molar-refractivity contribution in [3.63, 3.8) is 0 Å². The number of sulfonamides is 1. The molecule has 0 radical (unpaired) electrons. The van der Waals surface area contributed by atoms with Gasteiger partial charge in [0.05, 0.1) is 11.7 Å². The molecule has 0 saturated carbocycles. The van der Waals surface area contributed by atoms with Crippen LogP contribution in [0.4, 0.5) is 5.69 Å². The minimum absolute atomic E-state index is 0.144. The smallest absolute Gasteiger partial charge is 0.245 e. The molecule has 5 rings (SSSR count). The van der Waals surface area contributed by atoms with E-state index in [2.05, 4.69) is 20.5 Å². The number of amides is 1. The SMILES string of the molecule is Cc1cc(S(=O)(=O)N2CC[C@H]2C(=O)Nc2ccc3cnccc3c2)c2[nH]ncc2c1. The summed E-state index contributed by atoms with van der Waals surface area (Å²) in [6.45, 7) is 2.13. The minimum atomic E-state index is -3.85. The number of H-pyrrole nitrogens is 1. The van der Waals surface area contributed by atoms with Crippen LogP contribution in [0.5, 0.6) is 0 Å². The summed E-state index contributed by atoms with van der Waals surface area (Å²) >= 11 is 0. The molecule has 1 atom stereocenters. The Bertz CT molecular complexity index is 1400. The molecule has 1 fully saturated rings. The Morgan fingerprint density at radius 3 is 2.80 bits per heavy atom. The number of nitrogens with zero attached hydrogens (tertiary/aromatic N) is 3. The minimum Gasteiger partial charge on any atom is -0.325 e. The van der Waals surface area contributed by atoms with E-state index < -0.39 is 16.1 Å². The zero-order chi connectivity index (χ0) is 20.9. The number of aryl methyl sites for hydroxylation is 1. The molecule has 0 bridgehead atoms. The maximum atomic E-state index is 13.3. The molecular weight excluding hydrogens is 402 g/mol. The van der Waals surface area contributed by atoms with Gasteiger partial charge in [0.1, 0.15) is 10.9 Å². The molecule has 30 heavy (non-hydrogen) atoms. The number of nitrogens with one attached hydrogen (secondary N) is 2. The van der Waals surface area contributed by atoms with E-state index >= 15 is 0 Å². The highest BCUT2D eigenvalue weighted by Gasteiger charge is 2.43. The number of aromatic amines is 1. The first-order valence-electron chi connectivity index (χ1n) is 9.54. The molecule has 9 heteroatoms. The van der Waals surface area contributed by atoms with E-state index in [9.17, 15) is 13.2 Å². The van der Waals surface area contributed by atoms with Crippen LogP contribution in [0.15, 0.2) is 59.9 Å². The van der Waals surface area contributed by atoms with Crippen molar-refractivity contribution in [2.75, 3.05) is 11.9 Å². The van der Waals surface area contributed by atoms with Gasteiger partial charge in [0.15, 0.2) is 0 Å². The Kier molecular flexibility index (Phi) is 4.30. The highest BCUT2D eigenvalue weighted by atomic mass is 32.2. The summed E-state index contributed by atoms with van der Waals surface area (Å²) in [7, 11) is -3.85. The second kappa shape index (κ2) is 6.89. The third kappa shape index (κ3) is 3.03. The van der Waals surface area contributed by atoms with Crippen molar-refractivity contribution in [2.24, 2.45) is 0 Å². The monoisotopic (exact) mass is 421 g/mol. The molecule has 8 nitrogen and oxygen atoms in total. The molecule has 152 valence electrons. The second-order valence-corrected chi connectivity index (χ2v) is 9.30. The number of carbonyl (C=O) groups excluding carboxylic acids is 1. The molecule has 4 aromatic rings. The van der Waals surface area contributed by atoms with Gasteiger partial charge in [-0.3, -0.25) is 14.9 Å². The first-order valence-corrected chi connectivity index (χ1v) is 11.0. The number of hydrogen-bond acceptors (Lipinski definition) is 5. The van der Waals surface area contributed by atoms with Crippen molar-refractivity contribution in [1.29, 1.82) is 0 Å². The van der Waals surface area contributed by atoms with E-state index in [1.165, 1.54) is 4.31 Å². The number of pyridine rings is 1. The molecule has 1 amide bonds. The number of anilines is 1. The Labute approximate surface area is 173 Å². The van der Waals surface area contributed by atoms with Gasteiger partial charge >= 0.3 is 0 Å². The third-order valence-electron chi connectivity index (χ3n) is 5.42. The van der Waals surface area contributed by atoms with Crippen molar-refractivity contribution < 1.29 is 13.2 Å². The molecule has 0 unspecified atom stereocenters. The Morgan fingerprint density at radius 1 is 1.13 bits per heavy atom. The number of aromatic nitrogens is 3. The van der Waals surface area contributed by atoms with Gasteiger partial charge in [0.25, 0.3) is 0 Å². The van der Waals surface area contributed by atoms with Crippen LogP contribution in [0.1, 0.15) is 12.0 Å².